The third kappa shape index (κ3) is 4.74. The van der Waals surface area contributed by atoms with Crippen LogP contribution in [0.2, 0.25) is 0 Å². The number of hydrogen-bond acceptors (Lipinski definition) is 6. The molecular formula is C14H18N5NaO7S. The number of hydrogen-bond donors (Lipinski definition) is 3. The van der Waals surface area contributed by atoms with Crippen molar-refractivity contribution in [1.82, 2.24) is 15.4 Å². The molecular weight excluding hydrogens is 405 g/mol. The molecule has 2 aliphatic rings. The number of hydrazine groups is 1. The summed E-state index contributed by atoms with van der Waals surface area (Å²) in [6, 6.07) is 4.76. The average Bonchev–Trinajstić information content (AvgIpc) is 2.83. The first-order chi connectivity index (χ1) is 12.7. The van der Waals surface area contributed by atoms with Crippen LogP contribution in [-0.4, -0.2) is 59.5 Å². The summed E-state index contributed by atoms with van der Waals surface area (Å²) in [5.41, 5.74) is 8.01. The Morgan fingerprint density at radius 3 is 2.50 bits per heavy atom. The zero-order valence-electron chi connectivity index (χ0n) is 15.9. The summed E-state index contributed by atoms with van der Waals surface area (Å²) in [5, 5.41) is 1.38. The molecule has 28 heavy (non-hydrogen) atoms. The second-order valence-corrected chi connectivity index (χ2v) is 7.00. The van der Waals surface area contributed by atoms with Crippen LogP contribution in [0.25, 0.3) is 0 Å². The van der Waals surface area contributed by atoms with E-state index >= 15 is 0 Å². The van der Waals surface area contributed by atoms with Gasteiger partial charge in [0.2, 0.25) is 0 Å². The van der Waals surface area contributed by atoms with E-state index in [0.717, 1.165) is 9.91 Å². The van der Waals surface area contributed by atoms with Gasteiger partial charge in [-0.15, -0.1) is 4.28 Å². The van der Waals surface area contributed by atoms with Gasteiger partial charge in [0.05, 0.1) is 11.7 Å². The molecule has 0 spiro atoms. The molecule has 2 unspecified atom stereocenters. The van der Waals surface area contributed by atoms with Crippen molar-refractivity contribution in [2.45, 2.75) is 24.9 Å². The van der Waals surface area contributed by atoms with E-state index in [9.17, 15) is 22.8 Å². The Morgan fingerprint density at radius 1 is 1.29 bits per heavy atom. The number of benzene rings is 1. The van der Waals surface area contributed by atoms with E-state index in [0.29, 0.717) is 10.8 Å². The second kappa shape index (κ2) is 8.63. The van der Waals surface area contributed by atoms with Crippen molar-refractivity contribution in [3.8, 4) is 0 Å². The molecule has 2 bridgehead atoms. The van der Waals surface area contributed by atoms with Gasteiger partial charge in [-0.2, -0.15) is 13.5 Å². The number of rotatable bonds is 4. The van der Waals surface area contributed by atoms with Crippen LogP contribution in [0, 0.1) is 0 Å². The van der Waals surface area contributed by atoms with Crippen molar-refractivity contribution in [2.24, 2.45) is 5.73 Å². The fourth-order valence-corrected chi connectivity index (χ4v) is 3.50. The van der Waals surface area contributed by atoms with Gasteiger partial charge in [-0.25, -0.2) is 14.6 Å². The molecule has 2 aliphatic heterocycles. The molecule has 3 rings (SSSR count). The molecule has 0 aliphatic carbocycles. The van der Waals surface area contributed by atoms with E-state index in [4.69, 9.17) is 10.3 Å². The SMILES string of the molecule is NC(=O)N(NC(=O)C1CCC2CN1C(=O)N2OS(=O)(=O)O)c1ccccc1.[H-].[Na+]. The zero-order valence-corrected chi connectivity index (χ0v) is 17.7. The summed E-state index contributed by atoms with van der Waals surface area (Å²) < 4.78 is 34.9. The van der Waals surface area contributed by atoms with Gasteiger partial charge in [0.1, 0.15) is 6.04 Å². The molecule has 0 radical (unpaired) electrons. The van der Waals surface area contributed by atoms with E-state index in [1.54, 1.807) is 30.3 Å². The summed E-state index contributed by atoms with van der Waals surface area (Å²) in [6.45, 7) is 0.0361. The third-order valence-corrected chi connectivity index (χ3v) is 4.61. The third-order valence-electron chi connectivity index (χ3n) is 4.26. The van der Waals surface area contributed by atoms with Crippen molar-refractivity contribution in [1.29, 1.82) is 0 Å². The fraction of sp³-hybridized carbons (Fsp3) is 0.357. The van der Waals surface area contributed by atoms with Crippen molar-refractivity contribution in [2.75, 3.05) is 11.6 Å². The molecule has 4 N–H and O–H groups in total. The minimum atomic E-state index is -4.87. The minimum absolute atomic E-state index is 0. The second-order valence-electron chi connectivity index (χ2n) is 6.00. The minimum Gasteiger partial charge on any atom is -1.00 e. The normalized spacial score (nSPS) is 21.1. The van der Waals surface area contributed by atoms with Crippen LogP contribution in [0.3, 0.4) is 0 Å². The van der Waals surface area contributed by atoms with Gasteiger partial charge in [0, 0.05) is 6.54 Å². The Hall–Kier alpha value is -1.90. The van der Waals surface area contributed by atoms with E-state index < -0.39 is 40.5 Å². The number of carbonyl (C=O) groups excluding carboxylic acids is 3. The number of nitrogens with zero attached hydrogens (tertiary/aromatic N) is 3. The first-order valence-electron chi connectivity index (χ1n) is 7.89. The Morgan fingerprint density at radius 2 is 1.93 bits per heavy atom. The van der Waals surface area contributed by atoms with Crippen LogP contribution in [0.5, 0.6) is 0 Å². The number of nitrogens with two attached hydrogens (primary N) is 1. The number of nitrogens with one attached hydrogen (secondary N) is 1. The van der Waals surface area contributed by atoms with Crippen LogP contribution in [0.15, 0.2) is 30.3 Å². The molecule has 2 fully saturated rings. The first kappa shape index (κ1) is 22.4. The maximum absolute atomic E-state index is 12.6. The summed E-state index contributed by atoms with van der Waals surface area (Å²) in [5.74, 6) is -0.668. The molecule has 2 saturated heterocycles. The van der Waals surface area contributed by atoms with Gasteiger partial charge in [0.25, 0.3) is 5.91 Å². The topological polar surface area (TPSA) is 163 Å². The van der Waals surface area contributed by atoms with Gasteiger partial charge in [-0.3, -0.25) is 14.8 Å². The molecule has 1 aromatic carbocycles. The Balaban J connectivity index is 0.00000210. The molecule has 14 heteroatoms. The molecule has 5 amide bonds. The van der Waals surface area contributed by atoms with Crippen molar-refractivity contribution >= 4 is 34.1 Å². The molecule has 2 atom stereocenters. The zero-order chi connectivity index (χ0) is 19.8. The Kier molecular flexibility index (Phi) is 6.90. The summed E-state index contributed by atoms with van der Waals surface area (Å²) in [6.07, 6.45) is 0.465. The maximum atomic E-state index is 12.6. The summed E-state index contributed by atoms with van der Waals surface area (Å²) in [7, 11) is -4.87. The number of anilines is 1. The quantitative estimate of drug-likeness (QED) is 0.260. The monoisotopic (exact) mass is 423 g/mol. The smallest absolute Gasteiger partial charge is 1.00 e. The van der Waals surface area contributed by atoms with E-state index in [-0.39, 0.29) is 50.4 Å². The van der Waals surface area contributed by atoms with Gasteiger partial charge in [0.15, 0.2) is 0 Å². The van der Waals surface area contributed by atoms with Crippen molar-refractivity contribution in [3.63, 3.8) is 0 Å². The molecule has 2 heterocycles. The molecule has 1 aromatic rings. The maximum Gasteiger partial charge on any atom is 1.00 e. The van der Waals surface area contributed by atoms with Crippen LogP contribution < -0.4 is 45.7 Å². The summed E-state index contributed by atoms with van der Waals surface area (Å²) in [4.78, 5) is 37.8. The van der Waals surface area contributed by atoms with E-state index in [1.165, 1.54) is 0 Å². The standard InChI is InChI=1S/C14H17N5O7S.Na.H/c15-13(21)18(9-4-2-1-3-5-9)16-12(20)11-7-6-10-8-17(11)14(22)19(10)26-27(23,24)25;;/h1-5,10-11H,6-8H2,(H2,15,21)(H,16,20)(H,23,24,25);;/q;+1;-1. The van der Waals surface area contributed by atoms with Gasteiger partial charge < -0.3 is 12.1 Å². The molecule has 0 aromatic heterocycles. The van der Waals surface area contributed by atoms with Gasteiger partial charge in [-0.1, -0.05) is 18.2 Å². The predicted octanol–water partition coefficient (Wildman–Crippen LogP) is -3.28. The summed E-state index contributed by atoms with van der Waals surface area (Å²) >= 11 is 0. The van der Waals surface area contributed by atoms with E-state index in [2.05, 4.69) is 9.71 Å². The van der Waals surface area contributed by atoms with Crippen molar-refractivity contribution < 1.29 is 62.6 Å². The number of piperidine rings is 1. The number of para-hydroxylation sites is 1. The Labute approximate surface area is 184 Å². The number of amides is 5. The molecule has 12 nitrogen and oxygen atoms in total. The molecule has 148 valence electrons. The number of urea groups is 2. The van der Waals surface area contributed by atoms with E-state index in [1.807, 2.05) is 0 Å². The van der Waals surface area contributed by atoms with Crippen LogP contribution in [0.1, 0.15) is 14.3 Å². The number of carbonyl (C=O) groups is 3. The fourth-order valence-electron chi connectivity index (χ4n) is 3.11. The van der Waals surface area contributed by atoms with Crippen LogP contribution in [0.4, 0.5) is 15.3 Å². The molecule has 0 saturated carbocycles. The number of hydroxylamine groups is 2. The largest absolute Gasteiger partial charge is 1.00 e. The van der Waals surface area contributed by atoms with Gasteiger partial charge in [-0.05, 0) is 25.0 Å². The van der Waals surface area contributed by atoms with Crippen molar-refractivity contribution in [3.05, 3.63) is 30.3 Å². The Bertz CT molecular complexity index is 874. The predicted molar refractivity (Wildman–Crippen MR) is 91.1 cm³/mol. The first-order valence-corrected chi connectivity index (χ1v) is 9.26. The number of fused-ring (bicyclic) bond motifs is 2. The van der Waals surface area contributed by atoms with Crippen LogP contribution in [-0.2, 0) is 19.5 Å². The van der Waals surface area contributed by atoms with Gasteiger partial charge >= 0.3 is 52.0 Å². The number of primary amides is 1. The average molecular weight is 423 g/mol. The van der Waals surface area contributed by atoms with Crippen LogP contribution >= 0.6 is 0 Å².